The summed E-state index contributed by atoms with van der Waals surface area (Å²) in [4.78, 5) is 44.2. The highest BCUT2D eigenvalue weighted by Gasteiger charge is 2.24. The van der Waals surface area contributed by atoms with E-state index in [1.807, 2.05) is 0 Å². The third-order valence-corrected chi connectivity index (χ3v) is 3.68. The molecule has 0 aromatic carbocycles. The van der Waals surface area contributed by atoms with E-state index in [0.717, 1.165) is 0 Å². The maximum Gasteiger partial charge on any atom is 0.340 e. The summed E-state index contributed by atoms with van der Waals surface area (Å²) in [5.41, 5.74) is 0. The lowest BCUT2D eigenvalue weighted by atomic mass is 10.3. The van der Waals surface area contributed by atoms with Crippen LogP contribution in [0.2, 0.25) is 0 Å². The number of nitroso groups, excluding NO2 is 2. The molecule has 0 bridgehead atoms. The van der Waals surface area contributed by atoms with Gasteiger partial charge >= 0.3 is 12.1 Å². The van der Waals surface area contributed by atoms with Crippen LogP contribution >= 0.6 is 48.5 Å². The number of nitrogens with one attached hydrogen (secondary N) is 2. The molecule has 0 rings (SSSR count). The molecule has 0 saturated heterocycles. The Balaban J connectivity index is 4.26. The summed E-state index contributed by atoms with van der Waals surface area (Å²) in [7, 11) is 0. The fourth-order valence-electron chi connectivity index (χ4n) is 1.38. The summed E-state index contributed by atoms with van der Waals surface area (Å²) in [6, 6.07) is -1.44. The Labute approximate surface area is 159 Å². The Bertz CT molecular complexity index is 446. The predicted molar refractivity (Wildman–Crippen MR) is 98.6 cm³/mol. The van der Waals surface area contributed by atoms with Gasteiger partial charge in [0.1, 0.15) is 0 Å². The number of amides is 4. The molecule has 4 amide bonds. The number of hydrogen-bond donors (Lipinski definition) is 4. The zero-order chi connectivity index (χ0) is 18.6. The molecule has 0 saturated carbocycles. The van der Waals surface area contributed by atoms with E-state index in [2.05, 4.69) is 46.5 Å². The van der Waals surface area contributed by atoms with Gasteiger partial charge in [0.25, 0.3) is 0 Å². The van der Waals surface area contributed by atoms with Crippen LogP contribution in [0.5, 0.6) is 0 Å². The minimum Gasteiger partial charge on any atom is -0.336 e. The highest BCUT2D eigenvalue weighted by Crippen LogP contribution is 2.22. The number of carbonyl (C=O) groups excluding carboxylic acids is 2. The maximum absolute atomic E-state index is 11.7. The van der Waals surface area contributed by atoms with Gasteiger partial charge in [0, 0.05) is 24.8 Å². The highest BCUT2D eigenvalue weighted by atomic mass is 35.5. The lowest BCUT2D eigenvalue weighted by Gasteiger charge is -2.24. The monoisotopic (exact) mass is 420 g/mol. The number of rotatable bonds is 11. The van der Waals surface area contributed by atoms with E-state index in [0.29, 0.717) is 10.0 Å². The second-order valence-electron chi connectivity index (χ2n) is 4.41. The van der Waals surface area contributed by atoms with Gasteiger partial charge in [-0.25, -0.2) is 9.59 Å². The predicted octanol–water partition coefficient (Wildman–Crippen LogP) is 1.80. The van der Waals surface area contributed by atoms with Crippen LogP contribution in [0.15, 0.2) is 10.6 Å². The molecule has 0 heterocycles. The molecule has 10 nitrogen and oxygen atoms in total. The Morgan fingerprint density at radius 1 is 0.958 bits per heavy atom. The summed E-state index contributed by atoms with van der Waals surface area (Å²) < 4.78 is -0.982. The van der Waals surface area contributed by atoms with Gasteiger partial charge in [0.15, 0.2) is 0 Å². The van der Waals surface area contributed by atoms with Crippen molar-refractivity contribution in [1.29, 1.82) is 0 Å². The first kappa shape index (κ1) is 23.0. The summed E-state index contributed by atoms with van der Waals surface area (Å²) in [5.74, 6) is 0.124. The Morgan fingerprint density at radius 2 is 1.42 bits per heavy atom. The fourth-order valence-corrected chi connectivity index (χ4v) is 2.08. The van der Waals surface area contributed by atoms with Crippen molar-refractivity contribution in [3.63, 3.8) is 0 Å². The van der Waals surface area contributed by atoms with Gasteiger partial charge in [-0.15, -0.1) is 33.0 Å². The van der Waals surface area contributed by atoms with Gasteiger partial charge in [-0.1, -0.05) is 0 Å². The molecule has 0 spiro atoms. The summed E-state index contributed by atoms with van der Waals surface area (Å²) >= 11 is 19.4. The van der Waals surface area contributed by atoms with Crippen LogP contribution < -0.4 is 10.6 Å². The van der Waals surface area contributed by atoms with Crippen molar-refractivity contribution in [2.75, 3.05) is 37.9 Å². The number of nitrogens with zero attached hydrogens (tertiary/aromatic N) is 4. The molecule has 2 N–H and O–H groups in total. The lowest BCUT2D eigenvalue weighted by molar-refractivity contribution is 0.200. The van der Waals surface area contributed by atoms with Gasteiger partial charge in [0.05, 0.1) is 27.7 Å². The second-order valence-corrected chi connectivity index (χ2v) is 7.23. The van der Waals surface area contributed by atoms with E-state index in [9.17, 15) is 19.4 Å². The van der Waals surface area contributed by atoms with Gasteiger partial charge in [0.2, 0.25) is 0 Å². The molecular formula is C10H18Cl2N6O4S2. The molecule has 0 aliphatic carbocycles. The highest BCUT2D eigenvalue weighted by molar-refractivity contribution is 8.00. The maximum atomic E-state index is 11.7. The molecule has 0 aliphatic rings. The van der Waals surface area contributed by atoms with E-state index < -0.39 is 16.1 Å². The van der Waals surface area contributed by atoms with Crippen molar-refractivity contribution in [1.82, 2.24) is 20.7 Å². The largest absolute Gasteiger partial charge is 0.340 e. The zero-order valence-electron chi connectivity index (χ0n) is 12.5. The smallest absolute Gasteiger partial charge is 0.336 e. The van der Waals surface area contributed by atoms with Crippen LogP contribution in [0.1, 0.15) is 6.42 Å². The molecule has 0 aromatic heterocycles. The van der Waals surface area contributed by atoms with Crippen LogP contribution in [-0.2, 0) is 0 Å². The topological polar surface area (TPSA) is 124 Å². The van der Waals surface area contributed by atoms with Gasteiger partial charge in [-0.05, 0) is 6.42 Å². The van der Waals surface area contributed by atoms with Crippen molar-refractivity contribution >= 4 is 60.5 Å². The summed E-state index contributed by atoms with van der Waals surface area (Å²) in [6.45, 7) is 0.0516. The molecule has 0 aromatic rings. The van der Waals surface area contributed by atoms with Crippen LogP contribution in [-0.4, -0.2) is 64.1 Å². The normalized spacial score (nSPS) is 10.7. The van der Waals surface area contributed by atoms with E-state index in [-0.39, 0.29) is 44.4 Å². The number of hydrogen-bond acceptors (Lipinski definition) is 8. The first-order chi connectivity index (χ1) is 11.3. The minimum absolute atomic E-state index is 0.0143. The zero-order valence-corrected chi connectivity index (χ0v) is 15.8. The summed E-state index contributed by atoms with van der Waals surface area (Å²) in [5, 5.41) is 11.2. The summed E-state index contributed by atoms with van der Waals surface area (Å²) in [6.07, 6.45) is 0.239. The molecule has 138 valence electrons. The molecular weight excluding hydrogens is 403 g/mol. The van der Waals surface area contributed by atoms with Gasteiger partial charge < -0.3 is 10.6 Å². The first-order valence-corrected chi connectivity index (χ1v) is 8.61. The van der Waals surface area contributed by atoms with Gasteiger partial charge in [-0.3, -0.25) is 0 Å². The van der Waals surface area contributed by atoms with Crippen LogP contribution in [0.4, 0.5) is 9.59 Å². The molecule has 0 radical (unpaired) electrons. The van der Waals surface area contributed by atoms with Crippen LogP contribution in [0, 0.1) is 9.81 Å². The average molecular weight is 421 g/mol. The molecule has 0 unspecified atom stereocenters. The van der Waals surface area contributed by atoms with E-state index in [1.54, 1.807) is 0 Å². The quantitative estimate of drug-likeness (QED) is 0.134. The van der Waals surface area contributed by atoms with Crippen LogP contribution in [0.3, 0.4) is 0 Å². The van der Waals surface area contributed by atoms with Crippen molar-refractivity contribution in [3.8, 4) is 0 Å². The molecule has 0 atom stereocenters. The standard InChI is InChI=1S/C10H18Cl2N6O4S2/c11-2-5-17(15-21)8(19)13-4-1-10(23,24)7-14-9(20)18(16-22)6-3-12/h23-24H,1-7H2,(H,13,19)(H,14,20). The van der Waals surface area contributed by atoms with Gasteiger partial charge in [-0.2, -0.15) is 35.3 Å². The Hall–Kier alpha value is -0.980. The third-order valence-electron chi connectivity index (χ3n) is 2.58. The van der Waals surface area contributed by atoms with E-state index in [1.165, 1.54) is 0 Å². The molecule has 0 fully saturated rings. The molecule has 24 heavy (non-hydrogen) atoms. The van der Waals surface area contributed by atoms with Crippen LogP contribution in [0.25, 0.3) is 0 Å². The van der Waals surface area contributed by atoms with Crippen molar-refractivity contribution in [2.45, 2.75) is 10.5 Å². The number of carbonyl (C=O) groups is 2. The number of urea groups is 2. The number of alkyl halides is 2. The van der Waals surface area contributed by atoms with Crippen molar-refractivity contribution in [3.05, 3.63) is 9.81 Å². The minimum atomic E-state index is -0.982. The van der Waals surface area contributed by atoms with E-state index in [4.69, 9.17) is 23.2 Å². The Kier molecular flexibility index (Phi) is 11.9. The molecule has 14 heteroatoms. The third kappa shape index (κ3) is 9.35. The lowest BCUT2D eigenvalue weighted by Crippen LogP contribution is -2.44. The van der Waals surface area contributed by atoms with Crippen molar-refractivity contribution < 1.29 is 9.59 Å². The fraction of sp³-hybridized carbons (Fsp3) is 0.800. The average Bonchev–Trinajstić information content (AvgIpc) is 2.55. The second kappa shape index (κ2) is 12.4. The number of halogens is 2. The molecule has 0 aliphatic heterocycles. The van der Waals surface area contributed by atoms with Crippen molar-refractivity contribution in [2.24, 2.45) is 10.6 Å². The number of thiol groups is 2. The van der Waals surface area contributed by atoms with E-state index >= 15 is 0 Å². The Morgan fingerprint density at radius 3 is 1.83 bits per heavy atom. The SMILES string of the molecule is O=NN(CCCl)C(=O)NCCC(S)(S)CNC(=O)N(CCCl)N=O. The first-order valence-electron chi connectivity index (χ1n) is 6.65.